The van der Waals surface area contributed by atoms with Gasteiger partial charge in [0.2, 0.25) is 0 Å². The molecule has 32 heavy (non-hydrogen) atoms. The van der Waals surface area contributed by atoms with Gasteiger partial charge in [0.25, 0.3) is 11.8 Å². The number of rotatable bonds is 10. The number of benzene rings is 3. The van der Waals surface area contributed by atoms with Crippen LogP contribution in [0.2, 0.25) is 0 Å². The molecule has 2 N–H and O–H groups in total. The predicted molar refractivity (Wildman–Crippen MR) is 125 cm³/mol. The number of nitrogens with one attached hydrogen (secondary N) is 2. The molecule has 166 valence electrons. The smallest absolute Gasteiger partial charge is 0.265 e. The molecule has 6 heteroatoms. The Morgan fingerprint density at radius 3 is 2.25 bits per heavy atom. The standard InChI is InChI=1S/C26H28N2O4/c1-3-22(32-24-16-10-9-15-23(24)31-2)26(30)28-21-14-8-7-13-20(21)25(29)27-18-17-19-11-5-4-6-12-19/h4-16,22H,3,17-18H2,1-2H3,(H,27,29)(H,28,30)/t22-/m0/s1. The van der Waals surface area contributed by atoms with Crippen molar-refractivity contribution in [1.82, 2.24) is 5.32 Å². The molecule has 0 heterocycles. The quantitative estimate of drug-likeness (QED) is 0.496. The van der Waals surface area contributed by atoms with Gasteiger partial charge in [-0.3, -0.25) is 9.59 Å². The average Bonchev–Trinajstić information content (AvgIpc) is 2.83. The van der Waals surface area contributed by atoms with E-state index < -0.39 is 6.10 Å². The van der Waals surface area contributed by atoms with E-state index in [-0.39, 0.29) is 11.8 Å². The summed E-state index contributed by atoms with van der Waals surface area (Å²) >= 11 is 0. The van der Waals surface area contributed by atoms with Crippen LogP contribution in [-0.4, -0.2) is 31.6 Å². The van der Waals surface area contributed by atoms with Crippen LogP contribution in [0.3, 0.4) is 0 Å². The second kappa shape index (κ2) is 11.6. The first-order chi connectivity index (χ1) is 15.6. The molecule has 0 saturated carbocycles. The van der Waals surface area contributed by atoms with E-state index in [0.717, 1.165) is 12.0 Å². The van der Waals surface area contributed by atoms with Gasteiger partial charge >= 0.3 is 0 Å². The van der Waals surface area contributed by atoms with Crippen molar-refractivity contribution in [1.29, 1.82) is 0 Å². The molecule has 1 atom stereocenters. The second-order valence-electron chi connectivity index (χ2n) is 7.19. The summed E-state index contributed by atoms with van der Waals surface area (Å²) < 4.78 is 11.2. The van der Waals surface area contributed by atoms with E-state index in [4.69, 9.17) is 9.47 Å². The van der Waals surface area contributed by atoms with E-state index in [2.05, 4.69) is 10.6 Å². The zero-order valence-electron chi connectivity index (χ0n) is 18.3. The van der Waals surface area contributed by atoms with Crippen LogP contribution in [0.25, 0.3) is 0 Å². The third-order valence-electron chi connectivity index (χ3n) is 4.97. The first-order valence-electron chi connectivity index (χ1n) is 10.6. The molecule has 0 unspecified atom stereocenters. The maximum Gasteiger partial charge on any atom is 0.265 e. The number of para-hydroxylation sites is 3. The topological polar surface area (TPSA) is 76.7 Å². The summed E-state index contributed by atoms with van der Waals surface area (Å²) in [6.07, 6.45) is 0.446. The van der Waals surface area contributed by atoms with Gasteiger partial charge in [0, 0.05) is 6.54 Å². The number of hydrogen-bond donors (Lipinski definition) is 2. The number of ether oxygens (including phenoxy) is 2. The number of methoxy groups -OCH3 is 1. The summed E-state index contributed by atoms with van der Waals surface area (Å²) in [6, 6.07) is 24.1. The lowest BCUT2D eigenvalue weighted by atomic mass is 10.1. The Balaban J connectivity index is 1.64. The minimum atomic E-state index is -0.736. The maximum absolute atomic E-state index is 12.9. The van der Waals surface area contributed by atoms with Gasteiger partial charge in [0.1, 0.15) is 0 Å². The SMILES string of the molecule is CC[C@H](Oc1ccccc1OC)C(=O)Nc1ccccc1C(=O)NCCc1ccccc1. The van der Waals surface area contributed by atoms with Gasteiger partial charge in [-0.15, -0.1) is 0 Å². The van der Waals surface area contributed by atoms with Crippen molar-refractivity contribution in [2.75, 3.05) is 19.0 Å². The van der Waals surface area contributed by atoms with E-state index in [1.807, 2.05) is 49.4 Å². The van der Waals surface area contributed by atoms with Gasteiger partial charge in [-0.2, -0.15) is 0 Å². The van der Waals surface area contributed by atoms with Crippen molar-refractivity contribution in [2.24, 2.45) is 0 Å². The summed E-state index contributed by atoms with van der Waals surface area (Å²) in [5.74, 6) is 0.472. The fourth-order valence-electron chi connectivity index (χ4n) is 3.26. The Bertz CT molecular complexity index is 1040. The summed E-state index contributed by atoms with van der Waals surface area (Å²) in [7, 11) is 1.55. The number of carbonyl (C=O) groups is 2. The summed E-state index contributed by atoms with van der Waals surface area (Å²) in [5, 5.41) is 5.76. The predicted octanol–water partition coefficient (Wildman–Crippen LogP) is 4.46. The molecule has 0 aliphatic rings. The molecule has 0 bridgehead atoms. The van der Waals surface area contributed by atoms with Gasteiger partial charge in [-0.25, -0.2) is 0 Å². The normalized spacial score (nSPS) is 11.3. The first kappa shape index (κ1) is 22.9. The molecular formula is C26H28N2O4. The highest BCUT2D eigenvalue weighted by Gasteiger charge is 2.22. The molecule has 0 fully saturated rings. The Kier molecular flexibility index (Phi) is 8.26. The van der Waals surface area contributed by atoms with Gasteiger partial charge < -0.3 is 20.1 Å². The Labute approximate surface area is 188 Å². The number of carbonyl (C=O) groups excluding carboxylic acids is 2. The monoisotopic (exact) mass is 432 g/mol. The molecule has 3 aromatic rings. The van der Waals surface area contributed by atoms with Crippen molar-refractivity contribution in [3.8, 4) is 11.5 Å². The van der Waals surface area contributed by atoms with Crippen molar-refractivity contribution in [3.05, 3.63) is 90.0 Å². The first-order valence-corrected chi connectivity index (χ1v) is 10.6. The minimum absolute atomic E-state index is 0.240. The summed E-state index contributed by atoms with van der Waals surface area (Å²) in [5.41, 5.74) is 1.99. The molecule has 2 amide bonds. The molecule has 3 aromatic carbocycles. The van der Waals surface area contributed by atoms with Crippen LogP contribution in [0.4, 0.5) is 5.69 Å². The summed E-state index contributed by atoms with van der Waals surface area (Å²) in [4.78, 5) is 25.7. The minimum Gasteiger partial charge on any atom is -0.493 e. The molecule has 3 rings (SSSR count). The Morgan fingerprint density at radius 1 is 0.875 bits per heavy atom. The molecule has 0 saturated heterocycles. The van der Waals surface area contributed by atoms with Crippen LogP contribution in [0.1, 0.15) is 29.3 Å². The van der Waals surface area contributed by atoms with Crippen molar-refractivity contribution in [3.63, 3.8) is 0 Å². The van der Waals surface area contributed by atoms with Gasteiger partial charge in [0.15, 0.2) is 17.6 Å². The van der Waals surface area contributed by atoms with Crippen LogP contribution in [0, 0.1) is 0 Å². The van der Waals surface area contributed by atoms with Crippen LogP contribution < -0.4 is 20.1 Å². The fraction of sp³-hybridized carbons (Fsp3) is 0.231. The average molecular weight is 433 g/mol. The van der Waals surface area contributed by atoms with E-state index in [9.17, 15) is 9.59 Å². The number of anilines is 1. The lowest BCUT2D eigenvalue weighted by Crippen LogP contribution is -2.34. The van der Waals surface area contributed by atoms with Crippen LogP contribution >= 0.6 is 0 Å². The van der Waals surface area contributed by atoms with Crippen molar-refractivity contribution >= 4 is 17.5 Å². The Hall–Kier alpha value is -3.80. The van der Waals surface area contributed by atoms with Gasteiger partial charge in [0.05, 0.1) is 18.4 Å². The lowest BCUT2D eigenvalue weighted by Gasteiger charge is -2.19. The van der Waals surface area contributed by atoms with E-state index in [0.29, 0.717) is 35.7 Å². The van der Waals surface area contributed by atoms with Crippen LogP contribution in [-0.2, 0) is 11.2 Å². The van der Waals surface area contributed by atoms with Crippen LogP contribution in [0.15, 0.2) is 78.9 Å². The second-order valence-corrected chi connectivity index (χ2v) is 7.19. The fourth-order valence-corrected chi connectivity index (χ4v) is 3.26. The highest BCUT2D eigenvalue weighted by Crippen LogP contribution is 2.27. The van der Waals surface area contributed by atoms with Crippen LogP contribution in [0.5, 0.6) is 11.5 Å². The zero-order valence-corrected chi connectivity index (χ0v) is 18.3. The molecule has 0 aromatic heterocycles. The maximum atomic E-state index is 12.9. The molecule has 6 nitrogen and oxygen atoms in total. The Morgan fingerprint density at radius 2 is 1.53 bits per heavy atom. The third-order valence-corrected chi connectivity index (χ3v) is 4.97. The van der Waals surface area contributed by atoms with E-state index in [1.165, 1.54) is 0 Å². The molecule has 0 aliphatic heterocycles. The van der Waals surface area contributed by atoms with Gasteiger partial charge in [-0.05, 0) is 42.7 Å². The van der Waals surface area contributed by atoms with E-state index in [1.54, 1.807) is 43.5 Å². The third kappa shape index (κ3) is 6.11. The zero-order chi connectivity index (χ0) is 22.8. The largest absolute Gasteiger partial charge is 0.493 e. The number of amides is 2. The molecule has 0 spiro atoms. The molecule has 0 radical (unpaired) electrons. The lowest BCUT2D eigenvalue weighted by molar-refractivity contribution is -0.122. The van der Waals surface area contributed by atoms with Crippen molar-refractivity contribution in [2.45, 2.75) is 25.9 Å². The summed E-state index contributed by atoms with van der Waals surface area (Å²) in [6.45, 7) is 2.36. The highest BCUT2D eigenvalue weighted by atomic mass is 16.5. The highest BCUT2D eigenvalue weighted by molar-refractivity contribution is 6.04. The van der Waals surface area contributed by atoms with E-state index >= 15 is 0 Å². The number of hydrogen-bond acceptors (Lipinski definition) is 4. The van der Waals surface area contributed by atoms with Gasteiger partial charge in [-0.1, -0.05) is 61.5 Å². The molecule has 0 aliphatic carbocycles. The molecular weight excluding hydrogens is 404 g/mol. The van der Waals surface area contributed by atoms with Crippen molar-refractivity contribution < 1.29 is 19.1 Å².